The van der Waals surface area contributed by atoms with Gasteiger partial charge >= 0.3 is 0 Å². The van der Waals surface area contributed by atoms with E-state index >= 15 is 0 Å². The first-order valence-corrected chi connectivity index (χ1v) is 10.5. The molecule has 0 aliphatic heterocycles. The van der Waals surface area contributed by atoms with E-state index in [-0.39, 0.29) is 11.9 Å². The maximum atomic E-state index is 12.3. The van der Waals surface area contributed by atoms with Gasteiger partial charge in [-0.3, -0.25) is 4.79 Å². The second kappa shape index (κ2) is 9.50. The number of aromatic nitrogens is 2. The fourth-order valence-electron chi connectivity index (χ4n) is 3.92. The summed E-state index contributed by atoms with van der Waals surface area (Å²) in [4.78, 5) is 12.3. The number of benzene rings is 2. The molecule has 1 amide bonds. The van der Waals surface area contributed by atoms with E-state index in [9.17, 15) is 4.79 Å². The van der Waals surface area contributed by atoms with E-state index in [2.05, 4.69) is 64.0 Å². The zero-order valence-electron chi connectivity index (χ0n) is 16.6. The van der Waals surface area contributed by atoms with Crippen LogP contribution in [0.4, 0.5) is 0 Å². The SMILES string of the molecule is O=C(CCc1nnc(CCCCc2ccccc2)o1)NC1Cc2ccccc2C1. The second-order valence-corrected chi connectivity index (χ2v) is 7.72. The summed E-state index contributed by atoms with van der Waals surface area (Å²) in [5, 5.41) is 11.3. The van der Waals surface area contributed by atoms with Gasteiger partial charge in [-0.15, -0.1) is 10.2 Å². The zero-order chi connectivity index (χ0) is 19.9. The molecule has 3 aromatic rings. The van der Waals surface area contributed by atoms with Gasteiger partial charge < -0.3 is 9.73 Å². The lowest BCUT2D eigenvalue weighted by molar-refractivity contribution is -0.121. The molecule has 1 aromatic heterocycles. The van der Waals surface area contributed by atoms with Gasteiger partial charge in [0, 0.05) is 25.3 Å². The van der Waals surface area contributed by atoms with Crippen LogP contribution < -0.4 is 5.32 Å². The van der Waals surface area contributed by atoms with E-state index < -0.39 is 0 Å². The van der Waals surface area contributed by atoms with Crippen molar-refractivity contribution in [3.63, 3.8) is 0 Å². The number of amides is 1. The number of hydrogen-bond acceptors (Lipinski definition) is 4. The lowest BCUT2D eigenvalue weighted by Gasteiger charge is -2.11. The fourth-order valence-corrected chi connectivity index (χ4v) is 3.92. The number of rotatable bonds is 9. The molecule has 0 atom stereocenters. The third kappa shape index (κ3) is 5.53. The average molecular weight is 389 g/mol. The first-order chi connectivity index (χ1) is 14.3. The van der Waals surface area contributed by atoms with E-state index in [1.54, 1.807) is 0 Å². The molecule has 150 valence electrons. The molecule has 0 radical (unpaired) electrons. The molecule has 0 saturated heterocycles. The molecule has 1 aliphatic rings. The summed E-state index contributed by atoms with van der Waals surface area (Å²) in [6, 6.07) is 19.1. The monoisotopic (exact) mass is 389 g/mol. The molecule has 0 spiro atoms. The van der Waals surface area contributed by atoms with Crippen LogP contribution in [0.5, 0.6) is 0 Å². The van der Waals surface area contributed by atoms with Gasteiger partial charge in [0.1, 0.15) is 0 Å². The Hall–Kier alpha value is -2.95. The highest BCUT2D eigenvalue weighted by Gasteiger charge is 2.22. The Kier molecular flexibility index (Phi) is 6.35. The summed E-state index contributed by atoms with van der Waals surface area (Å²) < 4.78 is 5.70. The normalized spacial score (nSPS) is 13.4. The molecule has 5 heteroatoms. The van der Waals surface area contributed by atoms with Gasteiger partial charge in [0.15, 0.2) is 0 Å². The van der Waals surface area contributed by atoms with E-state index in [4.69, 9.17) is 4.42 Å². The Morgan fingerprint density at radius 3 is 2.21 bits per heavy atom. The number of unbranched alkanes of at least 4 members (excludes halogenated alkanes) is 1. The smallest absolute Gasteiger partial charge is 0.220 e. The topological polar surface area (TPSA) is 68.0 Å². The summed E-state index contributed by atoms with van der Waals surface area (Å²) in [6.45, 7) is 0. The van der Waals surface area contributed by atoms with E-state index in [1.165, 1.54) is 16.7 Å². The van der Waals surface area contributed by atoms with Crippen molar-refractivity contribution in [1.29, 1.82) is 0 Å². The van der Waals surface area contributed by atoms with Crippen molar-refractivity contribution in [3.05, 3.63) is 83.1 Å². The van der Waals surface area contributed by atoms with Crippen molar-refractivity contribution in [2.45, 2.75) is 57.4 Å². The van der Waals surface area contributed by atoms with Crippen molar-refractivity contribution in [1.82, 2.24) is 15.5 Å². The van der Waals surface area contributed by atoms with Crippen LogP contribution in [0.15, 0.2) is 59.0 Å². The van der Waals surface area contributed by atoms with Crippen LogP contribution in [0.1, 0.15) is 47.7 Å². The number of fused-ring (bicyclic) bond motifs is 1. The molecular formula is C24H27N3O2. The lowest BCUT2D eigenvalue weighted by Crippen LogP contribution is -2.35. The average Bonchev–Trinajstić information content (AvgIpc) is 3.36. The first kappa shape index (κ1) is 19.4. The highest BCUT2D eigenvalue weighted by Crippen LogP contribution is 2.21. The maximum Gasteiger partial charge on any atom is 0.220 e. The van der Waals surface area contributed by atoms with Crippen LogP contribution >= 0.6 is 0 Å². The van der Waals surface area contributed by atoms with Crippen LogP contribution in [-0.4, -0.2) is 22.1 Å². The lowest BCUT2D eigenvalue weighted by atomic mass is 10.1. The van der Waals surface area contributed by atoms with Crippen LogP contribution in [0.3, 0.4) is 0 Å². The summed E-state index contributed by atoms with van der Waals surface area (Å²) in [5.74, 6) is 1.26. The number of nitrogens with one attached hydrogen (secondary N) is 1. The molecule has 1 N–H and O–H groups in total. The number of carbonyl (C=O) groups excluding carboxylic acids is 1. The van der Waals surface area contributed by atoms with Crippen molar-refractivity contribution in [2.24, 2.45) is 0 Å². The third-order valence-electron chi connectivity index (χ3n) is 5.44. The van der Waals surface area contributed by atoms with Crippen molar-refractivity contribution in [2.75, 3.05) is 0 Å². The van der Waals surface area contributed by atoms with Gasteiger partial charge in [0.05, 0.1) is 0 Å². The standard InChI is InChI=1S/C24H27N3O2/c28-22(25-21-16-19-11-5-6-12-20(19)17-21)14-15-24-27-26-23(29-24)13-7-4-10-18-8-2-1-3-9-18/h1-3,5-6,8-9,11-12,21H,4,7,10,13-17H2,(H,25,28). The minimum atomic E-state index is 0.0467. The Morgan fingerprint density at radius 2 is 1.48 bits per heavy atom. The molecule has 1 aliphatic carbocycles. The zero-order valence-corrected chi connectivity index (χ0v) is 16.6. The van der Waals surface area contributed by atoms with Gasteiger partial charge in [-0.25, -0.2) is 0 Å². The number of carbonyl (C=O) groups is 1. The summed E-state index contributed by atoms with van der Waals surface area (Å²) >= 11 is 0. The van der Waals surface area contributed by atoms with Gasteiger partial charge in [-0.05, 0) is 48.8 Å². The van der Waals surface area contributed by atoms with Crippen molar-refractivity contribution in [3.8, 4) is 0 Å². The molecule has 1 heterocycles. The first-order valence-electron chi connectivity index (χ1n) is 10.5. The van der Waals surface area contributed by atoms with Crippen LogP contribution in [0.2, 0.25) is 0 Å². The summed E-state index contributed by atoms with van der Waals surface area (Å²) in [6.07, 6.45) is 6.64. The maximum absolute atomic E-state index is 12.3. The van der Waals surface area contributed by atoms with Crippen molar-refractivity contribution < 1.29 is 9.21 Å². The largest absolute Gasteiger partial charge is 0.425 e. The summed E-state index contributed by atoms with van der Waals surface area (Å²) in [7, 11) is 0. The van der Waals surface area contributed by atoms with Crippen LogP contribution in [0.25, 0.3) is 0 Å². The highest BCUT2D eigenvalue weighted by atomic mass is 16.4. The molecule has 29 heavy (non-hydrogen) atoms. The van der Waals surface area contributed by atoms with Crippen LogP contribution in [0, 0.1) is 0 Å². The minimum absolute atomic E-state index is 0.0467. The van der Waals surface area contributed by atoms with E-state index in [0.29, 0.717) is 24.6 Å². The van der Waals surface area contributed by atoms with Gasteiger partial charge in [0.25, 0.3) is 0 Å². The van der Waals surface area contributed by atoms with Gasteiger partial charge in [-0.2, -0.15) is 0 Å². The highest BCUT2D eigenvalue weighted by molar-refractivity contribution is 5.76. The third-order valence-corrected chi connectivity index (χ3v) is 5.44. The number of aryl methyl sites for hydroxylation is 3. The molecule has 0 fully saturated rings. The molecule has 0 saturated carbocycles. The minimum Gasteiger partial charge on any atom is -0.425 e. The molecule has 2 aromatic carbocycles. The molecule has 0 unspecified atom stereocenters. The van der Waals surface area contributed by atoms with Crippen molar-refractivity contribution >= 4 is 5.91 Å². The summed E-state index contributed by atoms with van der Waals surface area (Å²) in [5.41, 5.74) is 4.04. The fraction of sp³-hybridized carbons (Fsp3) is 0.375. The Balaban J connectivity index is 1.14. The number of nitrogens with zero attached hydrogens (tertiary/aromatic N) is 2. The second-order valence-electron chi connectivity index (χ2n) is 7.72. The van der Waals surface area contributed by atoms with Gasteiger partial charge in [0.2, 0.25) is 17.7 Å². The Labute approximate surface area is 171 Å². The molecule has 4 rings (SSSR count). The molecule has 0 bridgehead atoms. The Bertz CT molecular complexity index is 911. The quantitative estimate of drug-likeness (QED) is 0.565. The number of hydrogen-bond donors (Lipinski definition) is 1. The van der Waals surface area contributed by atoms with Gasteiger partial charge in [-0.1, -0.05) is 54.6 Å². The van der Waals surface area contributed by atoms with E-state index in [1.807, 2.05) is 6.07 Å². The Morgan fingerprint density at radius 1 is 0.862 bits per heavy atom. The molecular weight excluding hydrogens is 362 g/mol. The predicted octanol–water partition coefficient (Wildman–Crippen LogP) is 3.85. The predicted molar refractivity (Wildman–Crippen MR) is 111 cm³/mol. The van der Waals surface area contributed by atoms with E-state index in [0.717, 1.165) is 38.5 Å². The van der Waals surface area contributed by atoms with Crippen LogP contribution in [-0.2, 0) is 36.9 Å². The molecule has 5 nitrogen and oxygen atoms in total.